The van der Waals surface area contributed by atoms with E-state index in [0.717, 1.165) is 0 Å². The molecule has 0 saturated heterocycles. The van der Waals surface area contributed by atoms with E-state index in [1.807, 2.05) is 11.3 Å². The van der Waals surface area contributed by atoms with Crippen molar-refractivity contribution in [3.8, 4) is 39.1 Å². The zero-order valence-electron chi connectivity index (χ0n) is 28.3. The summed E-state index contributed by atoms with van der Waals surface area (Å²) in [5.41, 5.74) is 11.2. The molecule has 242 valence electrons. The van der Waals surface area contributed by atoms with Crippen molar-refractivity contribution in [3.05, 3.63) is 188 Å². The molecule has 2 aromatic heterocycles. The van der Waals surface area contributed by atoms with Gasteiger partial charge in [-0.05, 0) is 84.4 Å². The minimum Gasteiger partial charge on any atom is -0.307 e. The first kappa shape index (κ1) is 29.3. The Morgan fingerprint density at radius 3 is 1.65 bits per heavy atom. The molecule has 2 heterocycles. The van der Waals surface area contributed by atoms with Gasteiger partial charge in [-0.15, -0.1) is 11.3 Å². The van der Waals surface area contributed by atoms with E-state index >= 15 is 0 Å². The Kier molecular flexibility index (Phi) is 6.49. The molecule has 0 aliphatic carbocycles. The van der Waals surface area contributed by atoms with Gasteiger partial charge in [0.2, 0.25) is 0 Å². The summed E-state index contributed by atoms with van der Waals surface area (Å²) in [4.78, 5) is 0. The number of thiophene rings is 1. The average molecular weight is 678 g/mol. The molecule has 0 unspecified atom stereocenters. The molecule has 0 radical (unpaired) electrons. The predicted molar refractivity (Wildman–Crippen MR) is 225 cm³/mol. The number of hydrogen-bond acceptors (Lipinski definition) is 1. The number of nitrogens with zero attached hydrogens (tertiary/aromatic N) is 1. The maximum absolute atomic E-state index is 2.52. The van der Waals surface area contributed by atoms with Gasteiger partial charge in [-0.25, -0.2) is 0 Å². The highest BCUT2D eigenvalue weighted by Gasteiger charge is 2.24. The summed E-state index contributed by atoms with van der Waals surface area (Å²) in [7, 11) is 0. The second-order valence-corrected chi connectivity index (χ2v) is 14.6. The molecule has 0 fully saturated rings. The lowest BCUT2D eigenvalue weighted by atomic mass is 9.85. The van der Waals surface area contributed by atoms with E-state index in [9.17, 15) is 0 Å². The minimum absolute atomic E-state index is 1.17. The molecule has 0 saturated carbocycles. The van der Waals surface area contributed by atoms with Crippen molar-refractivity contribution in [2.24, 2.45) is 0 Å². The Balaban J connectivity index is 1.24. The lowest BCUT2D eigenvalue weighted by Crippen LogP contribution is -1.97. The molecule has 2 heteroatoms. The predicted octanol–water partition coefficient (Wildman–Crippen LogP) is 14.5. The number of fused-ring (bicyclic) bond motifs is 8. The molecular formula is C50H31NS. The van der Waals surface area contributed by atoms with Crippen molar-refractivity contribution in [2.75, 3.05) is 0 Å². The van der Waals surface area contributed by atoms with Crippen molar-refractivity contribution >= 4 is 74.9 Å². The quantitative estimate of drug-likeness (QED) is 0.163. The van der Waals surface area contributed by atoms with Crippen LogP contribution in [0.5, 0.6) is 0 Å². The summed E-state index contributed by atoms with van der Waals surface area (Å²) >= 11 is 1.90. The van der Waals surface area contributed by atoms with Crippen LogP contribution in [0.25, 0.3) is 103 Å². The molecule has 0 spiro atoms. The number of rotatable bonds is 4. The van der Waals surface area contributed by atoms with Crippen LogP contribution in [0, 0.1) is 0 Å². The van der Waals surface area contributed by atoms with Crippen molar-refractivity contribution in [1.82, 2.24) is 4.57 Å². The first-order chi connectivity index (χ1) is 25.8. The van der Waals surface area contributed by atoms with Gasteiger partial charge in [0.1, 0.15) is 0 Å². The van der Waals surface area contributed by atoms with Crippen LogP contribution in [0.1, 0.15) is 0 Å². The van der Waals surface area contributed by atoms with Crippen LogP contribution in [0.2, 0.25) is 0 Å². The second kappa shape index (κ2) is 11.5. The molecule has 0 aliphatic rings. The summed E-state index contributed by atoms with van der Waals surface area (Å²) in [6.07, 6.45) is 0. The topological polar surface area (TPSA) is 4.93 Å². The molecule has 0 N–H and O–H groups in total. The first-order valence-electron chi connectivity index (χ1n) is 17.9. The van der Waals surface area contributed by atoms with E-state index in [1.54, 1.807) is 0 Å². The zero-order valence-corrected chi connectivity index (χ0v) is 29.1. The summed E-state index contributed by atoms with van der Waals surface area (Å²) in [6.45, 7) is 0. The Labute approximate surface area is 305 Å². The van der Waals surface area contributed by atoms with E-state index in [-0.39, 0.29) is 0 Å². The van der Waals surface area contributed by atoms with Gasteiger partial charge in [-0.3, -0.25) is 0 Å². The summed E-state index contributed by atoms with van der Waals surface area (Å²) < 4.78 is 5.16. The molecule has 9 aromatic carbocycles. The van der Waals surface area contributed by atoms with Crippen LogP contribution in [0.4, 0.5) is 0 Å². The van der Waals surface area contributed by atoms with E-state index in [2.05, 4.69) is 193 Å². The van der Waals surface area contributed by atoms with Crippen molar-refractivity contribution < 1.29 is 0 Å². The fourth-order valence-corrected chi connectivity index (χ4v) is 9.82. The highest BCUT2D eigenvalue weighted by molar-refractivity contribution is 7.26. The number of hydrogen-bond donors (Lipinski definition) is 0. The fourth-order valence-electron chi connectivity index (χ4n) is 8.60. The lowest BCUT2D eigenvalue weighted by molar-refractivity contribution is 1.19. The van der Waals surface area contributed by atoms with E-state index in [4.69, 9.17) is 0 Å². The third-order valence-electron chi connectivity index (χ3n) is 10.8. The van der Waals surface area contributed by atoms with Gasteiger partial charge in [-0.1, -0.05) is 164 Å². The molecule has 0 atom stereocenters. The third kappa shape index (κ3) is 4.28. The van der Waals surface area contributed by atoms with Gasteiger partial charge in [0.25, 0.3) is 0 Å². The van der Waals surface area contributed by atoms with E-state index in [1.165, 1.54) is 103 Å². The van der Waals surface area contributed by atoms with Crippen LogP contribution in [-0.4, -0.2) is 4.57 Å². The monoisotopic (exact) mass is 677 g/mol. The molecule has 11 rings (SSSR count). The molecule has 52 heavy (non-hydrogen) atoms. The molecule has 0 amide bonds. The first-order valence-corrected chi connectivity index (χ1v) is 18.7. The van der Waals surface area contributed by atoms with Crippen molar-refractivity contribution in [3.63, 3.8) is 0 Å². The molecule has 1 nitrogen and oxygen atoms in total. The molecule has 0 bridgehead atoms. The Hall–Kier alpha value is -6.48. The molecular weight excluding hydrogens is 647 g/mol. The van der Waals surface area contributed by atoms with Crippen LogP contribution >= 0.6 is 11.3 Å². The molecule has 11 aromatic rings. The van der Waals surface area contributed by atoms with Crippen LogP contribution in [0.15, 0.2) is 188 Å². The van der Waals surface area contributed by atoms with Gasteiger partial charge in [-0.2, -0.15) is 0 Å². The maximum Gasteiger partial charge on any atom is 0.0727 e. The van der Waals surface area contributed by atoms with Crippen LogP contribution in [0.3, 0.4) is 0 Å². The smallest absolute Gasteiger partial charge is 0.0727 e. The lowest BCUT2D eigenvalue weighted by Gasteiger charge is -2.20. The standard InChI is InChI=1S/C50H31NS/c1-2-19-35(20-3-1)51-48-43(28-14-29-44(48)50-49(51)42-26-10-11-30-45(42)52-50)47-40-24-8-6-22-38(40)46(39-23-7-9-25-41(39)47)34-18-12-17-33(31-34)37-27-13-16-32-15-4-5-21-36(32)37/h1-31H. The van der Waals surface area contributed by atoms with Crippen LogP contribution < -0.4 is 0 Å². The Bertz CT molecular complexity index is 3120. The molecule has 0 aliphatic heterocycles. The van der Waals surface area contributed by atoms with Gasteiger partial charge in [0.15, 0.2) is 0 Å². The number of para-hydroxylation sites is 2. The SMILES string of the molecule is c1ccc(-n2c3c(-c4c5ccccc5c(-c5cccc(-c6cccc7ccccc67)c5)c5ccccc45)cccc3c3sc4ccccc4c32)cc1. The number of aromatic nitrogens is 1. The largest absolute Gasteiger partial charge is 0.307 e. The fraction of sp³-hybridized carbons (Fsp3) is 0. The van der Waals surface area contributed by atoms with E-state index in [0.29, 0.717) is 0 Å². The van der Waals surface area contributed by atoms with Gasteiger partial charge >= 0.3 is 0 Å². The zero-order chi connectivity index (χ0) is 34.2. The average Bonchev–Trinajstić information content (AvgIpc) is 3.75. The maximum atomic E-state index is 2.52. The van der Waals surface area contributed by atoms with Gasteiger partial charge in [0, 0.05) is 26.7 Å². The Morgan fingerprint density at radius 2 is 0.885 bits per heavy atom. The van der Waals surface area contributed by atoms with Gasteiger partial charge in [0.05, 0.1) is 15.7 Å². The normalized spacial score (nSPS) is 11.8. The van der Waals surface area contributed by atoms with Crippen molar-refractivity contribution in [1.29, 1.82) is 0 Å². The highest BCUT2D eigenvalue weighted by atomic mass is 32.1. The second-order valence-electron chi connectivity index (χ2n) is 13.6. The number of benzene rings is 9. The summed E-state index contributed by atoms with van der Waals surface area (Å²) in [6, 6.07) is 69.1. The third-order valence-corrected chi connectivity index (χ3v) is 12.0. The summed E-state index contributed by atoms with van der Waals surface area (Å²) in [5.74, 6) is 0. The Morgan fingerprint density at radius 1 is 0.346 bits per heavy atom. The highest BCUT2D eigenvalue weighted by Crippen LogP contribution is 2.49. The van der Waals surface area contributed by atoms with Crippen molar-refractivity contribution in [2.45, 2.75) is 0 Å². The van der Waals surface area contributed by atoms with E-state index < -0.39 is 0 Å². The van der Waals surface area contributed by atoms with Gasteiger partial charge < -0.3 is 4.57 Å². The minimum atomic E-state index is 1.17. The summed E-state index contributed by atoms with van der Waals surface area (Å²) in [5, 5.41) is 10.1. The van der Waals surface area contributed by atoms with Crippen LogP contribution in [-0.2, 0) is 0 Å².